The lowest BCUT2D eigenvalue weighted by Gasteiger charge is -2.26. The van der Waals surface area contributed by atoms with E-state index in [1.807, 2.05) is 56.3 Å². The highest BCUT2D eigenvalue weighted by Crippen LogP contribution is 2.38. The van der Waals surface area contributed by atoms with Crippen molar-refractivity contribution in [1.29, 1.82) is 0 Å². The maximum absolute atomic E-state index is 13.4. The lowest BCUT2D eigenvalue weighted by molar-refractivity contribution is -0.122. The molecule has 1 heterocycles. The fourth-order valence-corrected chi connectivity index (χ4v) is 4.99. The summed E-state index contributed by atoms with van der Waals surface area (Å²) >= 11 is 10.0. The minimum absolute atomic E-state index is 0.219. The van der Waals surface area contributed by atoms with Crippen LogP contribution in [0.1, 0.15) is 23.6 Å². The second kappa shape index (κ2) is 11.5. The second-order valence-corrected chi connectivity index (χ2v) is 10.3. The zero-order valence-corrected chi connectivity index (χ0v) is 24.0. The molecule has 0 aliphatic carbocycles. The molecule has 1 aliphatic rings. The molecule has 0 bridgehead atoms. The van der Waals surface area contributed by atoms with Crippen molar-refractivity contribution in [2.24, 2.45) is 0 Å². The summed E-state index contributed by atoms with van der Waals surface area (Å²) in [4.78, 5) is 39.6. The fourth-order valence-electron chi connectivity index (χ4n) is 4.47. The molecular formula is C31H24BrClN2O5. The molecule has 0 aromatic heterocycles. The lowest BCUT2D eigenvalue weighted by Crippen LogP contribution is -2.54. The topological polar surface area (TPSA) is 84.9 Å². The summed E-state index contributed by atoms with van der Waals surface area (Å²) in [5.74, 6) is -0.839. The van der Waals surface area contributed by atoms with Crippen molar-refractivity contribution in [3.8, 4) is 11.5 Å². The standard InChI is InChI=1S/C31H24BrClN2O5/c1-3-39-27-16-19(15-26(33)28(27)40-17-21-9-6-8-20-7-4-5-10-23(20)21)14-24-29(36)34-31(38)35(30(24)37)22-11-12-25(32)18(2)13-22/h4-16H,3,17H2,1-2H3,(H,34,36,38)/b24-14+. The summed E-state index contributed by atoms with van der Waals surface area (Å²) in [5, 5.41) is 4.66. The zero-order chi connectivity index (χ0) is 28.4. The summed E-state index contributed by atoms with van der Waals surface area (Å²) in [7, 11) is 0. The number of imide groups is 2. The number of ether oxygens (including phenoxy) is 2. The quantitative estimate of drug-likeness (QED) is 0.175. The molecule has 5 rings (SSSR count). The highest BCUT2D eigenvalue weighted by Gasteiger charge is 2.37. The number of barbiturate groups is 1. The van der Waals surface area contributed by atoms with Gasteiger partial charge in [0.05, 0.1) is 17.3 Å². The number of nitrogens with one attached hydrogen (secondary N) is 1. The van der Waals surface area contributed by atoms with E-state index in [1.165, 1.54) is 6.08 Å². The van der Waals surface area contributed by atoms with E-state index in [0.29, 0.717) is 29.4 Å². The second-order valence-electron chi connectivity index (χ2n) is 9.08. The van der Waals surface area contributed by atoms with E-state index in [2.05, 4.69) is 21.2 Å². The Bertz CT molecular complexity index is 1700. The van der Waals surface area contributed by atoms with Crippen LogP contribution in [0.5, 0.6) is 11.5 Å². The number of hydrogen-bond donors (Lipinski definition) is 1. The van der Waals surface area contributed by atoms with E-state index in [9.17, 15) is 14.4 Å². The number of urea groups is 1. The van der Waals surface area contributed by atoms with Crippen molar-refractivity contribution in [2.45, 2.75) is 20.5 Å². The first-order chi connectivity index (χ1) is 19.3. The molecule has 7 nitrogen and oxygen atoms in total. The number of rotatable bonds is 7. The van der Waals surface area contributed by atoms with Gasteiger partial charge in [-0.15, -0.1) is 0 Å². The summed E-state index contributed by atoms with van der Waals surface area (Å²) in [6.45, 7) is 4.26. The minimum atomic E-state index is -0.820. The molecule has 1 fully saturated rings. The van der Waals surface area contributed by atoms with Gasteiger partial charge in [-0.3, -0.25) is 14.9 Å². The number of benzene rings is 4. The van der Waals surface area contributed by atoms with Crippen LogP contribution in [-0.4, -0.2) is 24.5 Å². The zero-order valence-electron chi connectivity index (χ0n) is 21.7. The molecule has 0 unspecified atom stereocenters. The maximum atomic E-state index is 13.4. The SMILES string of the molecule is CCOc1cc(/C=C2\C(=O)NC(=O)N(c3ccc(Br)c(C)c3)C2=O)cc(Cl)c1OCc1cccc2ccccc12. The lowest BCUT2D eigenvalue weighted by atomic mass is 10.0. The van der Waals surface area contributed by atoms with Crippen molar-refractivity contribution in [1.82, 2.24) is 5.32 Å². The van der Waals surface area contributed by atoms with Crippen molar-refractivity contribution in [2.75, 3.05) is 11.5 Å². The average molecular weight is 620 g/mol. The van der Waals surface area contributed by atoms with Gasteiger partial charge in [0.2, 0.25) is 0 Å². The predicted molar refractivity (Wildman–Crippen MR) is 159 cm³/mol. The van der Waals surface area contributed by atoms with Gasteiger partial charge in [0, 0.05) is 4.47 Å². The summed E-state index contributed by atoms with van der Waals surface area (Å²) in [6, 6.07) is 21.5. The Morgan fingerprint density at radius 1 is 0.975 bits per heavy atom. The molecule has 4 aromatic carbocycles. The number of nitrogens with zero attached hydrogens (tertiary/aromatic N) is 1. The fraction of sp³-hybridized carbons (Fsp3) is 0.129. The summed E-state index contributed by atoms with van der Waals surface area (Å²) in [5.41, 5.74) is 2.37. The highest BCUT2D eigenvalue weighted by atomic mass is 79.9. The Morgan fingerprint density at radius 3 is 2.52 bits per heavy atom. The maximum Gasteiger partial charge on any atom is 0.335 e. The van der Waals surface area contributed by atoms with Gasteiger partial charge in [0.15, 0.2) is 11.5 Å². The first kappa shape index (κ1) is 27.4. The van der Waals surface area contributed by atoms with E-state index < -0.39 is 17.8 Å². The molecule has 0 atom stereocenters. The third-order valence-corrected chi connectivity index (χ3v) is 7.57. The van der Waals surface area contributed by atoms with Crippen LogP contribution >= 0.6 is 27.5 Å². The van der Waals surface area contributed by atoms with Crippen molar-refractivity contribution < 1.29 is 23.9 Å². The Balaban J connectivity index is 1.47. The average Bonchev–Trinajstić information content (AvgIpc) is 2.92. The summed E-state index contributed by atoms with van der Waals surface area (Å²) in [6.07, 6.45) is 1.38. The molecule has 0 radical (unpaired) electrons. The van der Waals surface area contributed by atoms with Gasteiger partial charge in [-0.2, -0.15) is 0 Å². The van der Waals surface area contributed by atoms with E-state index in [-0.39, 0.29) is 17.2 Å². The van der Waals surface area contributed by atoms with Gasteiger partial charge in [-0.05, 0) is 77.7 Å². The van der Waals surface area contributed by atoms with Crippen LogP contribution in [0.4, 0.5) is 10.5 Å². The Hall–Kier alpha value is -4.14. The number of carbonyl (C=O) groups excluding carboxylic acids is 3. The van der Waals surface area contributed by atoms with Gasteiger partial charge in [-0.1, -0.05) is 70.0 Å². The monoisotopic (exact) mass is 618 g/mol. The van der Waals surface area contributed by atoms with Crippen LogP contribution in [-0.2, 0) is 16.2 Å². The van der Waals surface area contributed by atoms with Crippen molar-refractivity contribution >= 4 is 67.9 Å². The molecule has 4 amide bonds. The molecule has 40 heavy (non-hydrogen) atoms. The van der Waals surface area contributed by atoms with Gasteiger partial charge >= 0.3 is 6.03 Å². The van der Waals surface area contributed by atoms with Crippen LogP contribution < -0.4 is 19.7 Å². The number of fused-ring (bicyclic) bond motifs is 1. The van der Waals surface area contributed by atoms with Crippen LogP contribution in [0.15, 0.2) is 82.8 Å². The Labute approximate surface area is 244 Å². The molecule has 0 spiro atoms. The minimum Gasteiger partial charge on any atom is -0.490 e. The number of aryl methyl sites for hydroxylation is 1. The van der Waals surface area contributed by atoms with Gasteiger partial charge < -0.3 is 9.47 Å². The molecule has 1 N–H and O–H groups in total. The third kappa shape index (κ3) is 5.46. The van der Waals surface area contributed by atoms with Gasteiger partial charge in [-0.25, -0.2) is 9.69 Å². The van der Waals surface area contributed by atoms with Crippen LogP contribution in [0.3, 0.4) is 0 Å². The number of halogens is 2. The molecule has 9 heteroatoms. The third-order valence-electron chi connectivity index (χ3n) is 6.40. The van der Waals surface area contributed by atoms with Gasteiger partial charge in [0.1, 0.15) is 12.2 Å². The van der Waals surface area contributed by atoms with E-state index in [1.54, 1.807) is 30.3 Å². The number of carbonyl (C=O) groups is 3. The molecule has 1 saturated heterocycles. The van der Waals surface area contributed by atoms with Crippen molar-refractivity contribution in [3.63, 3.8) is 0 Å². The molecular weight excluding hydrogens is 596 g/mol. The molecule has 4 aromatic rings. The van der Waals surface area contributed by atoms with Crippen LogP contribution in [0.2, 0.25) is 5.02 Å². The Morgan fingerprint density at radius 2 is 1.75 bits per heavy atom. The molecule has 202 valence electrons. The first-order valence-corrected chi connectivity index (χ1v) is 13.7. The smallest absolute Gasteiger partial charge is 0.335 e. The normalized spacial score (nSPS) is 14.6. The number of anilines is 1. The van der Waals surface area contributed by atoms with E-state index in [0.717, 1.165) is 31.3 Å². The molecule has 0 saturated carbocycles. The highest BCUT2D eigenvalue weighted by molar-refractivity contribution is 9.10. The van der Waals surface area contributed by atoms with Crippen LogP contribution in [0.25, 0.3) is 16.8 Å². The Kier molecular flexibility index (Phi) is 7.91. The van der Waals surface area contributed by atoms with Crippen molar-refractivity contribution in [3.05, 3.63) is 105 Å². The number of hydrogen-bond acceptors (Lipinski definition) is 5. The van der Waals surface area contributed by atoms with E-state index in [4.69, 9.17) is 21.1 Å². The van der Waals surface area contributed by atoms with Gasteiger partial charge in [0.25, 0.3) is 11.8 Å². The van der Waals surface area contributed by atoms with E-state index >= 15 is 0 Å². The molecule has 1 aliphatic heterocycles. The number of amides is 4. The summed E-state index contributed by atoms with van der Waals surface area (Å²) < 4.78 is 12.8. The first-order valence-electron chi connectivity index (χ1n) is 12.5. The largest absolute Gasteiger partial charge is 0.490 e. The predicted octanol–water partition coefficient (Wildman–Crippen LogP) is 7.21. The van der Waals surface area contributed by atoms with Crippen LogP contribution in [0, 0.1) is 6.92 Å².